The summed E-state index contributed by atoms with van der Waals surface area (Å²) in [6.07, 6.45) is 0.0204. The minimum absolute atomic E-state index is 0.0469. The van der Waals surface area contributed by atoms with Crippen molar-refractivity contribution in [2.45, 2.75) is 31.0 Å². The van der Waals surface area contributed by atoms with Crippen LogP contribution in [0.3, 0.4) is 0 Å². The van der Waals surface area contributed by atoms with E-state index >= 15 is 0 Å². The van der Waals surface area contributed by atoms with Crippen molar-refractivity contribution in [3.05, 3.63) is 65.1 Å². The largest absolute Gasteiger partial charge is 0.389 e. The normalized spacial score (nSPS) is 20.0. The molecule has 3 amide bonds. The maximum absolute atomic E-state index is 14.2. The van der Waals surface area contributed by atoms with E-state index in [0.717, 1.165) is 4.90 Å². The number of fused-ring (bicyclic) bond motifs is 1. The Kier molecular flexibility index (Phi) is 6.56. The minimum Gasteiger partial charge on any atom is -0.389 e. The number of carbonyl (C=O) groups is 3. The van der Waals surface area contributed by atoms with Gasteiger partial charge in [0.2, 0.25) is 0 Å². The predicted octanol–water partition coefficient (Wildman–Crippen LogP) is 2.47. The number of aliphatic hydroxyl groups is 1. The van der Waals surface area contributed by atoms with Crippen LogP contribution >= 0.6 is 11.6 Å². The van der Waals surface area contributed by atoms with Crippen LogP contribution in [0, 0.1) is 5.82 Å². The zero-order chi connectivity index (χ0) is 24.6. The molecule has 1 saturated heterocycles. The number of nitrogens with one attached hydrogen (secondary N) is 1. The van der Waals surface area contributed by atoms with Gasteiger partial charge in [-0.15, -0.1) is 0 Å². The smallest absolute Gasteiger partial charge is 0.323 e. The van der Waals surface area contributed by atoms with Gasteiger partial charge in [0.25, 0.3) is 0 Å². The molecule has 0 bridgehead atoms. The molecule has 11 heteroatoms. The summed E-state index contributed by atoms with van der Waals surface area (Å²) in [5, 5.41) is 13.7. The number of hydrogen-bond acceptors (Lipinski definition) is 5. The van der Waals surface area contributed by atoms with Crippen molar-refractivity contribution in [1.82, 2.24) is 9.47 Å². The molecule has 1 aliphatic heterocycles. The molecule has 0 spiro atoms. The Morgan fingerprint density at radius 1 is 1.18 bits per heavy atom. The number of halogens is 2. The lowest BCUT2D eigenvalue weighted by molar-refractivity contribution is -0.124. The third kappa shape index (κ3) is 4.35. The van der Waals surface area contributed by atoms with Gasteiger partial charge >= 0.3 is 12.1 Å². The van der Waals surface area contributed by atoms with Crippen LogP contribution in [0.25, 0.3) is 10.9 Å². The summed E-state index contributed by atoms with van der Waals surface area (Å²) in [7, 11) is 0. The number of urea groups is 1. The molecule has 2 heterocycles. The Morgan fingerprint density at radius 3 is 2.65 bits per heavy atom. The Hall–Kier alpha value is -3.47. The third-order valence-electron chi connectivity index (χ3n) is 5.96. The molecule has 178 valence electrons. The number of hydrogen-bond donors (Lipinski definition) is 4. The highest BCUT2D eigenvalue weighted by Crippen LogP contribution is 2.28. The van der Waals surface area contributed by atoms with Gasteiger partial charge in [0.1, 0.15) is 11.9 Å². The van der Waals surface area contributed by atoms with Crippen molar-refractivity contribution in [2.75, 3.05) is 11.9 Å². The number of primary amides is 1. The van der Waals surface area contributed by atoms with E-state index in [1.54, 1.807) is 30.3 Å². The van der Waals surface area contributed by atoms with Crippen molar-refractivity contribution in [3.8, 4) is 0 Å². The molecule has 9 nitrogen and oxygen atoms in total. The molecule has 1 aromatic heterocycles. The summed E-state index contributed by atoms with van der Waals surface area (Å²) < 4.78 is 15.4. The molecule has 0 radical (unpaired) electrons. The van der Waals surface area contributed by atoms with Gasteiger partial charge < -0.3 is 26.8 Å². The first kappa shape index (κ1) is 23.7. The van der Waals surface area contributed by atoms with Gasteiger partial charge in [-0.1, -0.05) is 41.9 Å². The molecule has 0 unspecified atom stereocenters. The zero-order valence-corrected chi connectivity index (χ0v) is 18.7. The number of aromatic nitrogens is 1. The van der Waals surface area contributed by atoms with Crippen LogP contribution in [-0.4, -0.2) is 57.2 Å². The lowest BCUT2D eigenvalue weighted by Gasteiger charge is -2.25. The van der Waals surface area contributed by atoms with Crippen LogP contribution in [0.2, 0.25) is 5.02 Å². The van der Waals surface area contributed by atoms with E-state index < -0.39 is 41.9 Å². The number of nitrogens with two attached hydrogens (primary N) is 2. The van der Waals surface area contributed by atoms with E-state index in [4.69, 9.17) is 23.1 Å². The van der Waals surface area contributed by atoms with Crippen molar-refractivity contribution in [2.24, 2.45) is 11.5 Å². The molecule has 0 saturated carbocycles. The Morgan fingerprint density at radius 2 is 1.91 bits per heavy atom. The molecule has 1 fully saturated rings. The number of ketones is 1. The fourth-order valence-corrected chi connectivity index (χ4v) is 4.43. The average molecular weight is 488 g/mol. The van der Waals surface area contributed by atoms with Crippen molar-refractivity contribution >= 4 is 46.0 Å². The SMILES string of the molecule is NC(=O)n1cc(NC(=O)N2C[C@H](N)[C@@H](O)[C@H]2C(=O)CCc2cccc(Cl)c2F)c2ccccc21. The lowest BCUT2D eigenvalue weighted by Crippen LogP contribution is -2.47. The van der Waals surface area contributed by atoms with Crippen molar-refractivity contribution in [3.63, 3.8) is 0 Å². The number of benzene rings is 2. The Bertz CT molecular complexity index is 1280. The summed E-state index contributed by atoms with van der Waals surface area (Å²) in [6.45, 7) is -0.0661. The maximum atomic E-state index is 14.2. The minimum atomic E-state index is -1.28. The van der Waals surface area contributed by atoms with Gasteiger partial charge in [-0.25, -0.2) is 14.0 Å². The molecule has 0 aliphatic carbocycles. The highest BCUT2D eigenvalue weighted by molar-refractivity contribution is 6.30. The predicted molar refractivity (Wildman–Crippen MR) is 125 cm³/mol. The quantitative estimate of drug-likeness (QED) is 0.437. The standard InChI is InChI=1S/C23H23ClFN5O4/c24-14-6-3-4-12(19(14)25)8-9-18(31)20-21(32)15(26)10-30(20)23(34)28-16-11-29(22(27)33)17-7-2-1-5-13(16)17/h1-7,11,15,20-21,32H,8-10,26H2,(H2,27,33)(H,28,34)/t15-,20+,21+/m0/s1. The van der Waals surface area contributed by atoms with Crippen molar-refractivity contribution in [1.29, 1.82) is 0 Å². The van der Waals surface area contributed by atoms with E-state index in [1.165, 1.54) is 22.9 Å². The highest BCUT2D eigenvalue weighted by Gasteiger charge is 2.45. The number of amides is 3. The van der Waals surface area contributed by atoms with Gasteiger partial charge in [-0.3, -0.25) is 9.36 Å². The van der Waals surface area contributed by atoms with Gasteiger partial charge in [0, 0.05) is 24.5 Å². The lowest BCUT2D eigenvalue weighted by atomic mass is 9.99. The van der Waals surface area contributed by atoms with Crippen LogP contribution in [-0.2, 0) is 11.2 Å². The first-order chi connectivity index (χ1) is 16.2. The number of aliphatic hydroxyl groups excluding tert-OH is 1. The van der Waals surface area contributed by atoms with Gasteiger partial charge in [-0.05, 0) is 24.1 Å². The van der Waals surface area contributed by atoms with Crippen LogP contribution in [0.15, 0.2) is 48.7 Å². The van der Waals surface area contributed by atoms with E-state index in [9.17, 15) is 23.9 Å². The summed E-state index contributed by atoms with van der Waals surface area (Å²) in [4.78, 5) is 39.0. The zero-order valence-electron chi connectivity index (χ0n) is 17.9. The second-order valence-corrected chi connectivity index (χ2v) is 8.54. The van der Waals surface area contributed by atoms with E-state index in [0.29, 0.717) is 16.6 Å². The van der Waals surface area contributed by atoms with Crippen LogP contribution < -0.4 is 16.8 Å². The fourth-order valence-electron chi connectivity index (χ4n) is 4.24. The van der Waals surface area contributed by atoms with Crippen LogP contribution in [0.4, 0.5) is 19.7 Å². The van der Waals surface area contributed by atoms with Gasteiger partial charge in [0.05, 0.1) is 28.4 Å². The molecule has 3 atom stereocenters. The number of rotatable bonds is 5. The molecular formula is C23H23ClFN5O4. The molecule has 3 aromatic rings. The first-order valence-electron chi connectivity index (χ1n) is 10.6. The molecule has 4 rings (SSSR count). The van der Waals surface area contributed by atoms with Gasteiger partial charge in [-0.2, -0.15) is 0 Å². The fraction of sp³-hybridized carbons (Fsp3) is 0.261. The third-order valence-corrected chi connectivity index (χ3v) is 6.25. The van der Waals surface area contributed by atoms with E-state index in [2.05, 4.69) is 5.32 Å². The van der Waals surface area contributed by atoms with Crippen LogP contribution in [0.5, 0.6) is 0 Å². The number of anilines is 1. The number of carbonyl (C=O) groups excluding carboxylic acids is 3. The second-order valence-electron chi connectivity index (χ2n) is 8.13. The summed E-state index contributed by atoms with van der Waals surface area (Å²) in [5.41, 5.74) is 12.4. The molecule has 1 aliphatic rings. The number of para-hydroxylation sites is 1. The number of Topliss-reactive ketones (excluding diaryl/α,β-unsaturated/α-hetero) is 1. The summed E-state index contributed by atoms with van der Waals surface area (Å²) >= 11 is 5.79. The molecular weight excluding hydrogens is 465 g/mol. The molecule has 34 heavy (non-hydrogen) atoms. The number of aryl methyl sites for hydroxylation is 1. The van der Waals surface area contributed by atoms with E-state index in [-0.39, 0.29) is 30.0 Å². The Balaban J connectivity index is 1.54. The maximum Gasteiger partial charge on any atom is 0.323 e. The van der Waals surface area contributed by atoms with Crippen LogP contribution in [0.1, 0.15) is 12.0 Å². The summed E-state index contributed by atoms with van der Waals surface area (Å²) in [5.74, 6) is -1.07. The Labute approximate surface area is 199 Å². The van der Waals surface area contributed by atoms with Crippen molar-refractivity contribution < 1.29 is 23.9 Å². The summed E-state index contributed by atoms with van der Waals surface area (Å²) in [6, 6.07) is 7.89. The first-order valence-corrected chi connectivity index (χ1v) is 10.9. The van der Waals surface area contributed by atoms with E-state index in [1.807, 2.05) is 0 Å². The average Bonchev–Trinajstić information content (AvgIpc) is 3.32. The second kappa shape index (κ2) is 9.41. The number of likely N-dealkylation sites (tertiary alicyclic amines) is 1. The molecule has 6 N–H and O–H groups in total. The van der Waals surface area contributed by atoms with Gasteiger partial charge in [0.15, 0.2) is 5.78 Å². The molecule has 2 aromatic carbocycles. The highest BCUT2D eigenvalue weighted by atomic mass is 35.5. The monoisotopic (exact) mass is 487 g/mol. The topological polar surface area (TPSA) is 144 Å². The number of nitrogens with zero attached hydrogens (tertiary/aromatic N) is 2.